The first-order valence-electron chi connectivity index (χ1n) is 17.8. The smallest absolute Gasteiger partial charge is 0.0553 e. The molecule has 4 N–H and O–H groups in total. The summed E-state index contributed by atoms with van der Waals surface area (Å²) in [5.74, 6) is -2.38. The molecule has 10 aromatic rings. The van der Waals surface area contributed by atoms with E-state index in [4.69, 9.17) is 0 Å². The molecule has 0 atom stereocenters. The van der Waals surface area contributed by atoms with Gasteiger partial charge in [-0.2, -0.15) is 0 Å². The van der Waals surface area contributed by atoms with Crippen molar-refractivity contribution in [3.05, 3.63) is 170 Å². The van der Waals surface area contributed by atoms with E-state index in [0.29, 0.717) is 5.56 Å². The first kappa shape index (κ1) is 34.5. The molecular weight excluding hydrogens is 903 g/mol. The third-order valence-corrected chi connectivity index (χ3v) is 10.8. The fourth-order valence-corrected chi connectivity index (χ4v) is 8.23. The van der Waals surface area contributed by atoms with E-state index in [1.165, 1.54) is 37.9 Å². The molecule has 5 heteroatoms. The molecule has 260 valence electrons. The van der Waals surface area contributed by atoms with Gasteiger partial charge < -0.3 is 20.4 Å². The van der Waals surface area contributed by atoms with Crippen LogP contribution in [0.2, 0.25) is 0 Å². The predicted molar refractivity (Wildman–Crippen MR) is 221 cm³/mol. The van der Waals surface area contributed by atoms with E-state index in [9.17, 15) is 20.4 Å². The summed E-state index contributed by atoms with van der Waals surface area (Å²) in [6.45, 7) is 0. The van der Waals surface area contributed by atoms with E-state index in [1.54, 1.807) is 0 Å². The standard InChI is InChI=1S/C50H31O4.U/c51-44-28-45(52)50(54)48(49(44)53)47-41-12-5-3-10-39(41)46(40-11-4-6-13-42(40)47)32-22-18-30(19-23-32)29-16-20-31(21-17-29)36-14-7-15-37-38(36)25-24-35-26-33-8-1-2-9-34(33)27-43(35)37;/h1-27,51-54H;/q-1;. The molecule has 0 amide bonds. The molecule has 0 radical (unpaired) electrons. The maximum Gasteiger partial charge on any atom is 0.0553 e. The van der Waals surface area contributed by atoms with Crippen LogP contribution in [0.1, 0.15) is 0 Å². The van der Waals surface area contributed by atoms with Crippen molar-refractivity contribution in [2.24, 2.45) is 0 Å². The van der Waals surface area contributed by atoms with Gasteiger partial charge in [0.2, 0.25) is 0 Å². The second-order valence-electron chi connectivity index (χ2n) is 13.8. The zero-order chi connectivity index (χ0) is 36.5. The second-order valence-corrected chi connectivity index (χ2v) is 13.8. The average Bonchev–Trinajstić information content (AvgIpc) is 3.22. The fourth-order valence-electron chi connectivity index (χ4n) is 8.23. The van der Waals surface area contributed by atoms with Crippen molar-refractivity contribution in [1.29, 1.82) is 0 Å². The van der Waals surface area contributed by atoms with Crippen molar-refractivity contribution in [2.75, 3.05) is 0 Å². The summed E-state index contributed by atoms with van der Waals surface area (Å²) in [6, 6.07) is 59.2. The van der Waals surface area contributed by atoms with Crippen LogP contribution in [0, 0.1) is 37.2 Å². The Morgan fingerprint density at radius 2 is 0.782 bits per heavy atom. The van der Waals surface area contributed by atoms with Crippen molar-refractivity contribution < 1.29 is 51.5 Å². The van der Waals surface area contributed by atoms with Crippen molar-refractivity contribution >= 4 is 53.9 Å². The molecule has 0 spiro atoms. The zero-order valence-electron chi connectivity index (χ0n) is 29.4. The molecule has 10 rings (SSSR count). The van der Waals surface area contributed by atoms with Gasteiger partial charge in [-0.05, 0) is 111 Å². The number of phenols is 4. The van der Waals surface area contributed by atoms with Gasteiger partial charge in [-0.25, -0.2) is 0 Å². The van der Waals surface area contributed by atoms with E-state index in [2.05, 4.69) is 121 Å². The minimum Gasteiger partial charge on any atom is -0.561 e. The normalized spacial score (nSPS) is 11.4. The molecule has 0 fully saturated rings. The molecule has 0 aliphatic heterocycles. The van der Waals surface area contributed by atoms with E-state index in [1.807, 2.05) is 48.5 Å². The average molecular weight is 934 g/mol. The number of benzene rings is 10. The molecular formula is C50H31O4U-. The Morgan fingerprint density at radius 1 is 0.309 bits per heavy atom. The number of aromatic hydroxyl groups is 4. The summed E-state index contributed by atoms with van der Waals surface area (Å²) < 4.78 is 0. The zero-order valence-corrected chi connectivity index (χ0v) is 33.5. The van der Waals surface area contributed by atoms with Crippen LogP contribution in [0.25, 0.3) is 98.4 Å². The number of rotatable bonds is 4. The number of hydrogen-bond acceptors (Lipinski definition) is 4. The Kier molecular flexibility index (Phi) is 8.51. The minimum absolute atomic E-state index is 0. The molecule has 0 saturated heterocycles. The first-order valence-corrected chi connectivity index (χ1v) is 17.8. The van der Waals surface area contributed by atoms with Gasteiger partial charge in [0.15, 0.2) is 0 Å². The summed E-state index contributed by atoms with van der Waals surface area (Å²) in [5, 5.41) is 53.4. The van der Waals surface area contributed by atoms with Crippen LogP contribution < -0.4 is 0 Å². The molecule has 0 heterocycles. The number of phenolic OH excluding ortho intramolecular Hbond substituents is 4. The molecule has 4 nitrogen and oxygen atoms in total. The van der Waals surface area contributed by atoms with Gasteiger partial charge in [-0.15, -0.1) is 0 Å². The van der Waals surface area contributed by atoms with Gasteiger partial charge in [-0.3, -0.25) is 0 Å². The molecule has 0 unspecified atom stereocenters. The Bertz CT molecular complexity index is 3050. The largest absolute Gasteiger partial charge is 0.561 e. The van der Waals surface area contributed by atoms with Crippen LogP contribution in [-0.4, -0.2) is 20.4 Å². The van der Waals surface area contributed by atoms with Crippen LogP contribution >= 0.6 is 0 Å². The third-order valence-electron chi connectivity index (χ3n) is 10.8. The maximum atomic E-state index is 10.9. The Morgan fingerprint density at radius 3 is 1.36 bits per heavy atom. The summed E-state index contributed by atoms with van der Waals surface area (Å²) in [6.07, 6.45) is 0. The van der Waals surface area contributed by atoms with Crippen LogP contribution in [-0.2, 0) is 0 Å². The fraction of sp³-hybridized carbons (Fsp3) is 0. The number of hydrogen-bond donors (Lipinski definition) is 4. The molecule has 0 aliphatic carbocycles. The molecule has 0 bridgehead atoms. The summed E-state index contributed by atoms with van der Waals surface area (Å²) in [7, 11) is 0. The van der Waals surface area contributed by atoms with Gasteiger partial charge in [0.1, 0.15) is 0 Å². The van der Waals surface area contributed by atoms with Gasteiger partial charge in [0.25, 0.3) is 0 Å². The molecule has 0 aromatic heterocycles. The summed E-state index contributed by atoms with van der Waals surface area (Å²) >= 11 is 0. The Hall–Kier alpha value is -6.25. The SMILES string of the molecule is Oc1[c-]c(O)c(O)c(-c2c3ccccc3c(-c3ccc(-c4ccc(-c5cccc6c5ccc5cc7ccccc7cc56)cc4)cc3)c3ccccc23)c1O.[U]. The predicted octanol–water partition coefficient (Wildman–Crippen LogP) is 12.7. The number of fused-ring (bicyclic) bond motifs is 6. The van der Waals surface area contributed by atoms with Crippen LogP contribution in [0.4, 0.5) is 0 Å². The van der Waals surface area contributed by atoms with Gasteiger partial charge in [0.05, 0.1) is 11.5 Å². The third kappa shape index (κ3) is 5.59. The van der Waals surface area contributed by atoms with E-state index in [0.717, 1.165) is 49.4 Å². The molecule has 0 saturated carbocycles. The van der Waals surface area contributed by atoms with Crippen molar-refractivity contribution in [3.63, 3.8) is 0 Å². The van der Waals surface area contributed by atoms with Crippen molar-refractivity contribution in [2.45, 2.75) is 0 Å². The maximum absolute atomic E-state index is 10.9. The monoisotopic (exact) mass is 933 g/mol. The van der Waals surface area contributed by atoms with E-state index < -0.39 is 23.0 Å². The van der Waals surface area contributed by atoms with Crippen LogP contribution in [0.5, 0.6) is 23.0 Å². The van der Waals surface area contributed by atoms with E-state index in [-0.39, 0.29) is 36.7 Å². The minimum atomic E-state index is -0.638. The van der Waals surface area contributed by atoms with Crippen molar-refractivity contribution in [3.8, 4) is 67.5 Å². The topological polar surface area (TPSA) is 80.9 Å². The Balaban J connectivity index is 0.00000397. The van der Waals surface area contributed by atoms with E-state index >= 15 is 0 Å². The van der Waals surface area contributed by atoms with Gasteiger partial charge >= 0.3 is 0 Å². The summed E-state index contributed by atoms with van der Waals surface area (Å²) in [5.41, 5.74) is 7.02. The van der Waals surface area contributed by atoms with Gasteiger partial charge in [0, 0.05) is 42.6 Å². The van der Waals surface area contributed by atoms with Crippen LogP contribution in [0.15, 0.2) is 164 Å². The van der Waals surface area contributed by atoms with Gasteiger partial charge in [-0.1, -0.05) is 158 Å². The molecule has 55 heavy (non-hydrogen) atoms. The first-order chi connectivity index (χ1) is 26.4. The Labute approximate surface area is 340 Å². The quantitative estimate of drug-likeness (QED) is 0.0466. The van der Waals surface area contributed by atoms with Crippen LogP contribution in [0.3, 0.4) is 0 Å². The molecule has 0 aliphatic rings. The van der Waals surface area contributed by atoms with Crippen molar-refractivity contribution in [1.82, 2.24) is 0 Å². The summed E-state index contributed by atoms with van der Waals surface area (Å²) in [4.78, 5) is 0. The second kappa shape index (κ2) is 13.6. The molecule has 10 aromatic carbocycles.